The monoisotopic (exact) mass is 506 g/mol. The van der Waals surface area contributed by atoms with Crippen LogP contribution >= 0.6 is 0 Å². The lowest BCUT2D eigenvalue weighted by atomic mass is 9.77. The molecule has 1 heterocycles. The third-order valence-electron chi connectivity index (χ3n) is 8.76. The molecule has 0 saturated heterocycles. The normalized spacial score (nSPS) is 18.1. The molecule has 2 nitrogen and oxygen atoms in total. The number of rotatable bonds is 14. The summed E-state index contributed by atoms with van der Waals surface area (Å²) in [6.07, 6.45) is 20.8. The Bertz CT molecular complexity index is 1190. The van der Waals surface area contributed by atoms with Crippen molar-refractivity contribution in [3.8, 4) is 0 Å². The summed E-state index contributed by atoms with van der Waals surface area (Å²) in [5.41, 5.74) is 1.60. The molecule has 1 aliphatic rings. The van der Waals surface area contributed by atoms with Crippen molar-refractivity contribution in [2.24, 2.45) is 5.92 Å². The number of hydrogen-bond acceptors (Lipinski definition) is 2. The molecule has 2 aromatic carbocycles. The van der Waals surface area contributed by atoms with Crippen molar-refractivity contribution in [2.45, 2.75) is 129 Å². The van der Waals surface area contributed by atoms with Gasteiger partial charge < -0.3 is 4.42 Å². The first-order chi connectivity index (χ1) is 18.1. The Morgan fingerprint density at radius 1 is 0.757 bits per heavy atom. The van der Waals surface area contributed by atoms with E-state index in [1.807, 2.05) is 24.3 Å². The van der Waals surface area contributed by atoms with Crippen LogP contribution in [0.2, 0.25) is 0 Å². The Hall–Kier alpha value is -2.16. The smallest absolute Gasteiger partial charge is 0.344 e. The van der Waals surface area contributed by atoms with E-state index in [9.17, 15) is 4.79 Å². The van der Waals surface area contributed by atoms with E-state index in [2.05, 4.69) is 19.9 Å². The number of benzene rings is 2. The standard InChI is InChI=1S/C34H47FO2/c1-3-5-7-9-10-11-13-15-27-20-23-30-29-22-21-28(24-31(29)34(36)37-33(30)32(27)35)26-18-16-25(17-19-26)14-12-8-6-4-2/h20-26H,3-19H2,1-2H3. The quantitative estimate of drug-likeness (QED) is 0.124. The van der Waals surface area contributed by atoms with Crippen LogP contribution < -0.4 is 5.63 Å². The van der Waals surface area contributed by atoms with Crippen molar-refractivity contribution < 1.29 is 8.81 Å². The van der Waals surface area contributed by atoms with Gasteiger partial charge in [-0.15, -0.1) is 0 Å². The highest BCUT2D eigenvalue weighted by Crippen LogP contribution is 2.39. The van der Waals surface area contributed by atoms with Gasteiger partial charge in [0.2, 0.25) is 0 Å². The SMILES string of the molecule is CCCCCCCCCc1ccc2c(oc(=O)c3cc(C4CCC(CCCCCC)CC4)ccc32)c1F. The summed E-state index contributed by atoms with van der Waals surface area (Å²) in [5, 5.41) is 2.10. The highest BCUT2D eigenvalue weighted by molar-refractivity contribution is 6.04. The van der Waals surface area contributed by atoms with Gasteiger partial charge in [-0.2, -0.15) is 0 Å². The molecule has 0 spiro atoms. The third kappa shape index (κ3) is 7.24. The lowest BCUT2D eigenvalue weighted by Crippen LogP contribution is -2.14. The van der Waals surface area contributed by atoms with Crippen LogP contribution in [-0.2, 0) is 6.42 Å². The van der Waals surface area contributed by atoms with Crippen LogP contribution in [0.3, 0.4) is 0 Å². The Morgan fingerprint density at radius 3 is 2.14 bits per heavy atom. The van der Waals surface area contributed by atoms with Crippen molar-refractivity contribution >= 4 is 21.7 Å². The van der Waals surface area contributed by atoms with Crippen LogP contribution in [0.15, 0.2) is 39.5 Å². The molecule has 37 heavy (non-hydrogen) atoms. The highest BCUT2D eigenvalue weighted by atomic mass is 19.1. The van der Waals surface area contributed by atoms with E-state index in [4.69, 9.17) is 4.42 Å². The van der Waals surface area contributed by atoms with E-state index in [-0.39, 0.29) is 11.4 Å². The average Bonchev–Trinajstić information content (AvgIpc) is 2.92. The maximum absolute atomic E-state index is 15.4. The van der Waals surface area contributed by atoms with Gasteiger partial charge >= 0.3 is 5.63 Å². The van der Waals surface area contributed by atoms with Gasteiger partial charge in [0.25, 0.3) is 0 Å². The van der Waals surface area contributed by atoms with Gasteiger partial charge in [-0.1, -0.05) is 109 Å². The number of fused-ring (bicyclic) bond motifs is 3. The van der Waals surface area contributed by atoms with Crippen LogP contribution in [0.4, 0.5) is 4.39 Å². The third-order valence-corrected chi connectivity index (χ3v) is 8.76. The molecule has 3 heteroatoms. The average molecular weight is 507 g/mol. The van der Waals surface area contributed by atoms with Crippen LogP contribution in [-0.4, -0.2) is 0 Å². The number of hydrogen-bond donors (Lipinski definition) is 0. The number of unbranched alkanes of at least 4 members (excludes halogenated alkanes) is 9. The highest BCUT2D eigenvalue weighted by Gasteiger charge is 2.23. The van der Waals surface area contributed by atoms with Crippen LogP contribution in [0, 0.1) is 11.7 Å². The van der Waals surface area contributed by atoms with E-state index in [1.165, 1.54) is 95.5 Å². The summed E-state index contributed by atoms with van der Waals surface area (Å²) in [6.45, 7) is 4.49. The molecule has 0 unspecified atom stereocenters. The molecule has 0 atom stereocenters. The predicted molar refractivity (Wildman–Crippen MR) is 155 cm³/mol. The summed E-state index contributed by atoms with van der Waals surface area (Å²) in [6, 6.07) is 10.1. The van der Waals surface area contributed by atoms with Crippen molar-refractivity contribution in [3.05, 3.63) is 57.7 Å². The van der Waals surface area contributed by atoms with Gasteiger partial charge in [0.1, 0.15) is 0 Å². The Morgan fingerprint density at radius 2 is 1.41 bits per heavy atom. The van der Waals surface area contributed by atoms with Crippen molar-refractivity contribution in [1.82, 2.24) is 0 Å². The van der Waals surface area contributed by atoms with Gasteiger partial charge in [-0.3, -0.25) is 0 Å². The van der Waals surface area contributed by atoms with E-state index in [0.717, 1.165) is 24.1 Å². The first-order valence-electron chi connectivity index (χ1n) is 15.3. The first kappa shape index (κ1) is 27.9. The molecule has 0 N–H and O–H groups in total. The molecule has 1 saturated carbocycles. The number of halogens is 1. The first-order valence-corrected chi connectivity index (χ1v) is 15.3. The van der Waals surface area contributed by atoms with Crippen molar-refractivity contribution in [1.29, 1.82) is 0 Å². The minimum atomic E-state index is -0.416. The fourth-order valence-electron chi connectivity index (χ4n) is 6.39. The minimum absolute atomic E-state index is 0.120. The zero-order chi connectivity index (χ0) is 26.0. The van der Waals surface area contributed by atoms with Gasteiger partial charge in [0, 0.05) is 10.8 Å². The largest absolute Gasteiger partial charge is 0.419 e. The Labute approximate surface area is 223 Å². The van der Waals surface area contributed by atoms with E-state index in [0.29, 0.717) is 28.7 Å². The maximum Gasteiger partial charge on any atom is 0.344 e. The lowest BCUT2D eigenvalue weighted by molar-refractivity contribution is 0.302. The Kier molecular flexibility index (Phi) is 10.6. The molecule has 1 fully saturated rings. The molecule has 1 aliphatic carbocycles. The lowest BCUT2D eigenvalue weighted by Gasteiger charge is -2.29. The Balaban J connectivity index is 1.42. The summed E-state index contributed by atoms with van der Waals surface area (Å²) < 4.78 is 21.0. The van der Waals surface area contributed by atoms with Crippen LogP contribution in [0.25, 0.3) is 21.7 Å². The predicted octanol–water partition coefficient (Wildman–Crippen LogP) is 10.6. The fourth-order valence-corrected chi connectivity index (χ4v) is 6.39. The maximum atomic E-state index is 15.4. The molecule has 0 amide bonds. The summed E-state index contributed by atoms with van der Waals surface area (Å²) >= 11 is 0. The summed E-state index contributed by atoms with van der Waals surface area (Å²) in [7, 11) is 0. The minimum Gasteiger partial charge on any atom is -0.419 e. The van der Waals surface area contributed by atoms with Gasteiger partial charge in [-0.05, 0) is 67.6 Å². The second kappa shape index (κ2) is 14.1. The van der Waals surface area contributed by atoms with Crippen LogP contribution in [0.5, 0.6) is 0 Å². The van der Waals surface area contributed by atoms with Gasteiger partial charge in [0.05, 0.1) is 5.39 Å². The molecule has 202 valence electrons. The zero-order valence-corrected chi connectivity index (χ0v) is 23.3. The molecule has 4 rings (SSSR count). The van der Waals surface area contributed by atoms with E-state index < -0.39 is 5.63 Å². The number of aryl methyl sites for hydroxylation is 1. The topological polar surface area (TPSA) is 30.2 Å². The second-order valence-corrected chi connectivity index (χ2v) is 11.5. The van der Waals surface area contributed by atoms with Gasteiger partial charge in [0.15, 0.2) is 11.4 Å². The molecule has 0 bridgehead atoms. The summed E-state index contributed by atoms with van der Waals surface area (Å²) in [4.78, 5) is 13.0. The van der Waals surface area contributed by atoms with Crippen LogP contribution in [0.1, 0.15) is 134 Å². The summed E-state index contributed by atoms with van der Waals surface area (Å²) in [5.74, 6) is 1.01. The molecule has 1 aromatic heterocycles. The molecule has 0 aliphatic heterocycles. The van der Waals surface area contributed by atoms with Gasteiger partial charge in [-0.25, -0.2) is 9.18 Å². The molecule has 0 radical (unpaired) electrons. The van der Waals surface area contributed by atoms with Crippen molar-refractivity contribution in [2.75, 3.05) is 0 Å². The van der Waals surface area contributed by atoms with E-state index >= 15 is 4.39 Å². The molecular formula is C34H47FO2. The fraction of sp³-hybridized carbons (Fsp3) is 0.618. The molecular weight excluding hydrogens is 459 g/mol. The van der Waals surface area contributed by atoms with Crippen molar-refractivity contribution in [3.63, 3.8) is 0 Å². The van der Waals surface area contributed by atoms with E-state index in [1.54, 1.807) is 0 Å². The second-order valence-electron chi connectivity index (χ2n) is 11.5. The molecule has 3 aromatic rings. The zero-order valence-electron chi connectivity index (χ0n) is 23.3.